The molecule has 0 unspecified atom stereocenters. The molecule has 0 radical (unpaired) electrons. The largest absolute Gasteiger partial charge is 0.308 e. The van der Waals surface area contributed by atoms with Crippen LogP contribution in [-0.4, -0.2) is 9.55 Å². The highest BCUT2D eigenvalue weighted by Crippen LogP contribution is 2.45. The third-order valence-corrected chi connectivity index (χ3v) is 8.91. The molecule has 7 aromatic carbocycles. The van der Waals surface area contributed by atoms with E-state index in [0.29, 0.717) is 5.56 Å². The predicted molar refractivity (Wildman–Crippen MR) is 178 cm³/mol. The first-order valence-corrected chi connectivity index (χ1v) is 14.4. The highest BCUT2D eigenvalue weighted by Gasteiger charge is 2.21. The van der Waals surface area contributed by atoms with Gasteiger partial charge in [0.1, 0.15) is 0 Å². The zero-order chi connectivity index (χ0) is 28.5. The number of nitrogens with zero attached hydrogens (tertiary/aromatic N) is 3. The fourth-order valence-corrected chi connectivity index (χ4v) is 7.08. The van der Waals surface area contributed by atoms with E-state index >= 15 is 0 Å². The number of hydrogen-bond acceptors (Lipinski definition) is 2. The molecule has 2 aromatic heterocycles. The Morgan fingerprint density at radius 3 is 1.84 bits per heavy atom. The fourth-order valence-electron chi connectivity index (χ4n) is 7.08. The number of benzene rings is 7. The van der Waals surface area contributed by atoms with Crippen LogP contribution in [0, 0.1) is 11.3 Å². The molecule has 9 rings (SSSR count). The molecule has 0 aliphatic rings. The normalized spacial score (nSPS) is 11.7. The molecule has 0 N–H and O–H groups in total. The molecule has 0 atom stereocenters. The van der Waals surface area contributed by atoms with Crippen molar-refractivity contribution in [3.63, 3.8) is 0 Å². The van der Waals surface area contributed by atoms with Crippen LogP contribution in [0.3, 0.4) is 0 Å². The average Bonchev–Trinajstić information content (AvgIpc) is 3.42. The summed E-state index contributed by atoms with van der Waals surface area (Å²) in [6.07, 6.45) is 3.70. The molecule has 0 saturated heterocycles. The van der Waals surface area contributed by atoms with Crippen molar-refractivity contribution in [2.45, 2.75) is 0 Å². The van der Waals surface area contributed by atoms with Gasteiger partial charge in [-0.25, -0.2) is 0 Å². The summed E-state index contributed by atoms with van der Waals surface area (Å²) in [4.78, 5) is 4.41. The van der Waals surface area contributed by atoms with Crippen LogP contribution in [-0.2, 0) is 0 Å². The van der Waals surface area contributed by atoms with Crippen molar-refractivity contribution in [3.8, 4) is 34.0 Å². The van der Waals surface area contributed by atoms with Gasteiger partial charge in [0.15, 0.2) is 0 Å². The minimum atomic E-state index is 0.690. The third-order valence-electron chi connectivity index (χ3n) is 8.91. The lowest BCUT2D eigenvalue weighted by Gasteiger charge is -2.16. The van der Waals surface area contributed by atoms with Gasteiger partial charge in [0.05, 0.1) is 34.6 Å². The Bertz CT molecular complexity index is 2560. The van der Waals surface area contributed by atoms with E-state index in [4.69, 9.17) is 0 Å². The van der Waals surface area contributed by atoms with E-state index in [0.717, 1.165) is 27.5 Å². The molecule has 0 fully saturated rings. The van der Waals surface area contributed by atoms with Crippen LogP contribution < -0.4 is 0 Å². The van der Waals surface area contributed by atoms with Gasteiger partial charge in [-0.1, -0.05) is 97.1 Å². The summed E-state index contributed by atoms with van der Waals surface area (Å²) in [5.74, 6) is 0. The fraction of sp³-hybridized carbons (Fsp3) is 0. The van der Waals surface area contributed by atoms with E-state index in [9.17, 15) is 5.26 Å². The second-order valence-corrected chi connectivity index (χ2v) is 11.1. The van der Waals surface area contributed by atoms with E-state index in [2.05, 4.69) is 131 Å². The monoisotopic (exact) mass is 545 g/mol. The number of fused-ring (bicyclic) bond motifs is 2. The summed E-state index contributed by atoms with van der Waals surface area (Å²) in [6, 6.07) is 47.7. The highest BCUT2D eigenvalue weighted by molar-refractivity contribution is 6.28. The molecule has 2 heterocycles. The average molecular weight is 546 g/mol. The van der Waals surface area contributed by atoms with Crippen LogP contribution in [0.4, 0.5) is 0 Å². The summed E-state index contributed by atoms with van der Waals surface area (Å²) in [5.41, 5.74) is 8.74. The van der Waals surface area contributed by atoms with Crippen molar-refractivity contribution in [3.05, 3.63) is 145 Å². The Hall–Kier alpha value is -5.98. The molecule has 43 heavy (non-hydrogen) atoms. The van der Waals surface area contributed by atoms with Crippen molar-refractivity contribution in [1.29, 1.82) is 5.26 Å². The Labute approximate surface area is 247 Å². The molecule has 0 bridgehead atoms. The predicted octanol–water partition coefficient (Wildman–Crippen LogP) is 10.3. The summed E-state index contributed by atoms with van der Waals surface area (Å²) in [5, 5.41) is 19.4. The number of aromatic nitrogens is 2. The van der Waals surface area contributed by atoms with Crippen LogP contribution in [0.25, 0.3) is 82.1 Å². The third kappa shape index (κ3) is 3.32. The van der Waals surface area contributed by atoms with Gasteiger partial charge in [-0.2, -0.15) is 5.26 Å². The molecule has 0 saturated carbocycles. The Balaban J connectivity index is 1.36. The van der Waals surface area contributed by atoms with Gasteiger partial charge in [-0.3, -0.25) is 4.98 Å². The molecular weight excluding hydrogens is 522 g/mol. The van der Waals surface area contributed by atoms with Gasteiger partial charge < -0.3 is 4.57 Å². The first-order valence-electron chi connectivity index (χ1n) is 14.4. The molecule has 0 amide bonds. The summed E-state index contributed by atoms with van der Waals surface area (Å²) < 4.78 is 2.27. The summed E-state index contributed by atoms with van der Waals surface area (Å²) in [6.45, 7) is 0. The zero-order valence-corrected chi connectivity index (χ0v) is 23.1. The van der Waals surface area contributed by atoms with Gasteiger partial charge in [0.25, 0.3) is 0 Å². The lowest BCUT2D eigenvalue weighted by Crippen LogP contribution is -1.94. The van der Waals surface area contributed by atoms with Crippen molar-refractivity contribution in [2.75, 3.05) is 0 Å². The Morgan fingerprint density at radius 1 is 0.488 bits per heavy atom. The Kier molecular flexibility index (Phi) is 4.97. The molecule has 3 nitrogen and oxygen atoms in total. The standard InChI is InChI=1S/C40H23N3/c41-23-26-14-20-37-39-29(26)15-18-36-35(19-21-38(40(36)39)43(37)27-9-6-22-42-24-27)34-17-16-33(31-11-3-4-12-32(31)34)30-13-5-8-25-7-1-2-10-28(25)30/h1-22,24H. The number of nitriles is 1. The van der Waals surface area contributed by atoms with Crippen LogP contribution in [0.15, 0.2) is 140 Å². The maximum Gasteiger partial charge on any atom is 0.0998 e. The van der Waals surface area contributed by atoms with Crippen molar-refractivity contribution in [2.24, 2.45) is 0 Å². The van der Waals surface area contributed by atoms with Crippen LogP contribution in [0.2, 0.25) is 0 Å². The van der Waals surface area contributed by atoms with Crippen LogP contribution >= 0.6 is 0 Å². The van der Waals surface area contributed by atoms with E-state index < -0.39 is 0 Å². The van der Waals surface area contributed by atoms with Gasteiger partial charge in [0, 0.05) is 22.4 Å². The summed E-state index contributed by atoms with van der Waals surface area (Å²) >= 11 is 0. The first kappa shape index (κ1) is 23.7. The van der Waals surface area contributed by atoms with E-state index in [1.54, 1.807) is 6.20 Å². The number of pyridine rings is 1. The van der Waals surface area contributed by atoms with Crippen LogP contribution in [0.5, 0.6) is 0 Å². The molecule has 0 spiro atoms. The van der Waals surface area contributed by atoms with Crippen molar-refractivity contribution in [1.82, 2.24) is 9.55 Å². The summed E-state index contributed by atoms with van der Waals surface area (Å²) in [7, 11) is 0. The molecule has 198 valence electrons. The van der Waals surface area contributed by atoms with E-state index in [1.165, 1.54) is 54.6 Å². The second-order valence-electron chi connectivity index (χ2n) is 11.1. The molecule has 0 aliphatic carbocycles. The molecule has 9 aromatic rings. The highest BCUT2D eigenvalue weighted by atomic mass is 15.0. The smallest absolute Gasteiger partial charge is 0.0998 e. The van der Waals surface area contributed by atoms with Gasteiger partial charge >= 0.3 is 0 Å². The van der Waals surface area contributed by atoms with Crippen molar-refractivity contribution < 1.29 is 0 Å². The van der Waals surface area contributed by atoms with Crippen molar-refractivity contribution >= 4 is 54.1 Å². The Morgan fingerprint density at radius 2 is 1.09 bits per heavy atom. The van der Waals surface area contributed by atoms with E-state index in [1.807, 2.05) is 18.3 Å². The number of rotatable bonds is 3. The molecule has 3 heteroatoms. The minimum Gasteiger partial charge on any atom is -0.308 e. The zero-order valence-electron chi connectivity index (χ0n) is 23.1. The molecular formula is C40H23N3. The number of hydrogen-bond donors (Lipinski definition) is 0. The first-order chi connectivity index (χ1) is 21.3. The molecule has 0 aliphatic heterocycles. The second kappa shape index (κ2) is 9.01. The van der Waals surface area contributed by atoms with Gasteiger partial charge in [-0.15, -0.1) is 0 Å². The van der Waals surface area contributed by atoms with Gasteiger partial charge in [-0.05, 0) is 79.5 Å². The van der Waals surface area contributed by atoms with Gasteiger partial charge in [0.2, 0.25) is 0 Å². The topological polar surface area (TPSA) is 41.6 Å². The van der Waals surface area contributed by atoms with E-state index in [-0.39, 0.29) is 0 Å². The lowest BCUT2D eigenvalue weighted by molar-refractivity contribution is 1.14. The lowest BCUT2D eigenvalue weighted by atomic mass is 9.88. The minimum absolute atomic E-state index is 0.690. The quantitative estimate of drug-likeness (QED) is 0.207. The SMILES string of the molecule is N#Cc1ccc2c3c1ccc1c(-c4ccc(-c5cccc6ccccc56)c5ccccc45)ccc(c13)n2-c1cccnc1. The maximum absolute atomic E-state index is 9.96. The van der Waals surface area contributed by atoms with Crippen LogP contribution in [0.1, 0.15) is 5.56 Å². The maximum atomic E-state index is 9.96.